The Hall–Kier alpha value is -3.19. The molecule has 0 saturated carbocycles. The Morgan fingerprint density at radius 2 is 2.07 bits per heavy atom. The van der Waals surface area contributed by atoms with E-state index in [1.807, 2.05) is 38.1 Å². The Kier molecular flexibility index (Phi) is 4.60. The highest BCUT2D eigenvalue weighted by molar-refractivity contribution is 7.17. The van der Waals surface area contributed by atoms with E-state index in [4.69, 9.17) is 10.5 Å². The molecule has 7 heteroatoms. The van der Waals surface area contributed by atoms with Gasteiger partial charge in [-0.2, -0.15) is 0 Å². The lowest BCUT2D eigenvalue weighted by molar-refractivity contribution is 0.0998. The van der Waals surface area contributed by atoms with Crippen LogP contribution in [0.1, 0.15) is 33.8 Å². The number of ether oxygens (including phenoxy) is 1. The zero-order valence-electron chi connectivity index (χ0n) is 15.3. The zero-order chi connectivity index (χ0) is 19.8. The van der Waals surface area contributed by atoms with E-state index in [1.165, 1.54) is 23.6 Å². The van der Waals surface area contributed by atoms with Gasteiger partial charge < -0.3 is 10.5 Å². The largest absolute Gasteiger partial charge is 0.484 e. The number of hydrogen-bond donors (Lipinski definition) is 1. The molecule has 28 heavy (non-hydrogen) atoms. The Labute approximate surface area is 165 Å². The Morgan fingerprint density at radius 3 is 2.82 bits per heavy atom. The molecular formula is C21H18FN3O2S. The topological polar surface area (TPSA) is 69.6 Å². The number of aromatic nitrogens is 2. The van der Waals surface area contributed by atoms with Crippen molar-refractivity contribution in [2.45, 2.75) is 20.0 Å². The number of rotatable bonds is 5. The molecule has 1 amide bonds. The molecule has 2 N–H and O–H groups in total. The van der Waals surface area contributed by atoms with Crippen LogP contribution in [-0.2, 0) is 0 Å². The van der Waals surface area contributed by atoms with Crippen LogP contribution in [0, 0.1) is 12.7 Å². The first kappa shape index (κ1) is 18.2. The zero-order valence-corrected chi connectivity index (χ0v) is 16.2. The summed E-state index contributed by atoms with van der Waals surface area (Å²) in [5.74, 6) is -0.527. The number of nitrogens with two attached hydrogens (primary N) is 1. The van der Waals surface area contributed by atoms with Crippen molar-refractivity contribution in [3.05, 3.63) is 76.7 Å². The molecule has 0 fully saturated rings. The van der Waals surface area contributed by atoms with Gasteiger partial charge >= 0.3 is 0 Å². The first-order valence-corrected chi connectivity index (χ1v) is 9.54. The molecule has 0 saturated heterocycles. The molecular weight excluding hydrogens is 377 g/mol. The number of nitrogens with zero attached hydrogens (tertiary/aromatic N) is 2. The molecule has 1 unspecified atom stereocenters. The van der Waals surface area contributed by atoms with Gasteiger partial charge in [-0.25, -0.2) is 9.37 Å². The van der Waals surface area contributed by atoms with Gasteiger partial charge in [0.1, 0.15) is 28.2 Å². The molecule has 0 aliphatic heterocycles. The van der Waals surface area contributed by atoms with Gasteiger partial charge in [0.2, 0.25) is 0 Å². The third-order valence-electron chi connectivity index (χ3n) is 4.57. The van der Waals surface area contributed by atoms with Crippen LogP contribution in [-0.4, -0.2) is 15.3 Å². The number of halogens is 1. The second-order valence-corrected chi connectivity index (χ2v) is 7.56. The summed E-state index contributed by atoms with van der Waals surface area (Å²) in [7, 11) is 0. The molecule has 0 radical (unpaired) electrons. The highest BCUT2D eigenvalue weighted by atomic mass is 32.1. The van der Waals surface area contributed by atoms with Crippen LogP contribution >= 0.6 is 11.3 Å². The van der Waals surface area contributed by atoms with Crippen LogP contribution in [0.2, 0.25) is 0 Å². The van der Waals surface area contributed by atoms with Gasteiger partial charge in [0.05, 0.1) is 16.8 Å². The number of hydrogen-bond acceptors (Lipinski definition) is 4. The highest BCUT2D eigenvalue weighted by Gasteiger charge is 2.21. The van der Waals surface area contributed by atoms with E-state index in [0.717, 1.165) is 16.0 Å². The number of benzene rings is 1. The predicted molar refractivity (Wildman–Crippen MR) is 107 cm³/mol. The van der Waals surface area contributed by atoms with Gasteiger partial charge in [-0.1, -0.05) is 24.3 Å². The SMILES string of the molecule is Cc1ccccc1C(C)Oc1cc(-c2cnc3ccc(F)cn23)sc1C(N)=O. The molecule has 4 rings (SSSR count). The molecule has 3 heterocycles. The van der Waals surface area contributed by atoms with E-state index in [1.54, 1.807) is 22.7 Å². The first-order valence-electron chi connectivity index (χ1n) is 8.73. The molecule has 5 nitrogen and oxygen atoms in total. The van der Waals surface area contributed by atoms with Crippen LogP contribution < -0.4 is 10.5 Å². The normalized spacial score (nSPS) is 12.2. The van der Waals surface area contributed by atoms with E-state index < -0.39 is 5.91 Å². The van der Waals surface area contributed by atoms with Crippen LogP contribution in [0.3, 0.4) is 0 Å². The van der Waals surface area contributed by atoms with Crippen molar-refractivity contribution < 1.29 is 13.9 Å². The third-order valence-corrected chi connectivity index (χ3v) is 5.73. The maximum Gasteiger partial charge on any atom is 0.262 e. The maximum absolute atomic E-state index is 13.7. The second-order valence-electron chi connectivity index (χ2n) is 6.50. The summed E-state index contributed by atoms with van der Waals surface area (Å²) in [5, 5.41) is 0. The number of pyridine rings is 1. The van der Waals surface area contributed by atoms with E-state index in [0.29, 0.717) is 22.0 Å². The molecule has 3 aromatic heterocycles. The summed E-state index contributed by atoms with van der Waals surface area (Å²) in [5.41, 5.74) is 8.98. The monoisotopic (exact) mass is 395 g/mol. The Morgan fingerprint density at radius 1 is 1.29 bits per heavy atom. The number of amides is 1. The average Bonchev–Trinajstić information content (AvgIpc) is 3.25. The standard InChI is InChI=1S/C21H18FN3O2S/c1-12-5-3-4-6-15(12)13(2)27-17-9-18(28-20(17)21(23)26)16-10-24-19-8-7-14(22)11-25(16)19/h3-11,13H,1-2H3,(H2,23,26). The van der Waals surface area contributed by atoms with Crippen molar-refractivity contribution in [3.8, 4) is 16.3 Å². The molecule has 0 spiro atoms. The van der Waals surface area contributed by atoms with Crippen molar-refractivity contribution >= 4 is 22.9 Å². The van der Waals surface area contributed by atoms with Gasteiger partial charge in [0.25, 0.3) is 5.91 Å². The van der Waals surface area contributed by atoms with Gasteiger partial charge in [0.15, 0.2) is 0 Å². The number of imidazole rings is 1. The van der Waals surface area contributed by atoms with Crippen molar-refractivity contribution in [1.82, 2.24) is 9.38 Å². The average molecular weight is 395 g/mol. The van der Waals surface area contributed by atoms with Crippen molar-refractivity contribution in [1.29, 1.82) is 0 Å². The molecule has 1 atom stereocenters. The molecule has 1 aromatic carbocycles. The lowest BCUT2D eigenvalue weighted by Gasteiger charge is -2.16. The smallest absolute Gasteiger partial charge is 0.262 e. The number of primary amides is 1. The van der Waals surface area contributed by atoms with Crippen molar-refractivity contribution in [2.24, 2.45) is 5.73 Å². The number of fused-ring (bicyclic) bond motifs is 1. The van der Waals surface area contributed by atoms with Crippen LogP contribution in [0.4, 0.5) is 4.39 Å². The fourth-order valence-corrected chi connectivity index (χ4v) is 4.14. The van der Waals surface area contributed by atoms with Gasteiger partial charge in [-0.15, -0.1) is 11.3 Å². The predicted octanol–water partition coefficient (Wildman–Crippen LogP) is 4.75. The molecule has 142 valence electrons. The van der Waals surface area contributed by atoms with E-state index in [9.17, 15) is 9.18 Å². The van der Waals surface area contributed by atoms with Crippen molar-refractivity contribution in [2.75, 3.05) is 0 Å². The van der Waals surface area contributed by atoms with Crippen LogP contribution in [0.5, 0.6) is 5.75 Å². The summed E-state index contributed by atoms with van der Waals surface area (Å²) < 4.78 is 21.4. The fraction of sp³-hybridized carbons (Fsp3) is 0.143. The lowest BCUT2D eigenvalue weighted by atomic mass is 10.0. The number of carbonyl (C=O) groups excluding carboxylic acids is 1. The summed E-state index contributed by atoms with van der Waals surface area (Å²) in [6.07, 6.45) is 2.74. The number of aryl methyl sites for hydroxylation is 1. The molecule has 0 aliphatic rings. The number of thiophene rings is 1. The van der Waals surface area contributed by atoms with Gasteiger partial charge in [0, 0.05) is 12.3 Å². The summed E-state index contributed by atoms with van der Waals surface area (Å²) in [6.45, 7) is 3.93. The fourth-order valence-electron chi connectivity index (χ4n) is 3.19. The minimum Gasteiger partial charge on any atom is -0.484 e. The lowest BCUT2D eigenvalue weighted by Crippen LogP contribution is -2.12. The van der Waals surface area contributed by atoms with E-state index in [2.05, 4.69) is 4.98 Å². The van der Waals surface area contributed by atoms with E-state index >= 15 is 0 Å². The molecule has 0 aliphatic carbocycles. The number of carbonyl (C=O) groups is 1. The summed E-state index contributed by atoms with van der Waals surface area (Å²) in [6, 6.07) is 12.6. The molecule has 0 bridgehead atoms. The summed E-state index contributed by atoms with van der Waals surface area (Å²) >= 11 is 1.20. The first-order chi connectivity index (χ1) is 13.4. The van der Waals surface area contributed by atoms with Crippen molar-refractivity contribution in [3.63, 3.8) is 0 Å². The van der Waals surface area contributed by atoms with Gasteiger partial charge in [-0.05, 0) is 37.1 Å². The van der Waals surface area contributed by atoms with Crippen LogP contribution in [0.25, 0.3) is 16.2 Å². The second kappa shape index (κ2) is 7.09. The third kappa shape index (κ3) is 3.25. The molecule has 4 aromatic rings. The summed E-state index contributed by atoms with van der Waals surface area (Å²) in [4.78, 5) is 17.3. The van der Waals surface area contributed by atoms with Gasteiger partial charge in [-0.3, -0.25) is 9.20 Å². The Balaban J connectivity index is 1.75. The minimum atomic E-state index is -0.566. The van der Waals surface area contributed by atoms with Crippen LogP contribution in [0.15, 0.2) is 54.9 Å². The van der Waals surface area contributed by atoms with E-state index in [-0.39, 0.29) is 11.9 Å². The Bertz CT molecular complexity index is 1180. The maximum atomic E-state index is 13.7. The minimum absolute atomic E-state index is 0.263. The quantitative estimate of drug-likeness (QED) is 0.530. The highest BCUT2D eigenvalue weighted by Crippen LogP contribution is 2.38.